The number of hydrogen-bond donors (Lipinski definition) is 1. The number of carbonyl (C=O) groups excluding carboxylic acids is 2. The first-order chi connectivity index (χ1) is 5.40. The van der Waals surface area contributed by atoms with Crippen LogP contribution in [0.1, 0.15) is 26.7 Å². The van der Waals surface area contributed by atoms with Gasteiger partial charge in [-0.25, -0.2) is 0 Å². The highest BCUT2D eigenvalue weighted by molar-refractivity contribution is 6.01. The predicted octanol–water partition coefficient (Wildman–Crippen LogP) is -0.0937. The van der Waals surface area contributed by atoms with E-state index < -0.39 is 5.60 Å². The zero-order valence-electron chi connectivity index (χ0n) is 7.33. The van der Waals surface area contributed by atoms with Crippen molar-refractivity contribution in [2.24, 2.45) is 0 Å². The predicted molar refractivity (Wildman–Crippen MR) is 42.3 cm³/mol. The molecule has 1 fully saturated rings. The quantitative estimate of drug-likeness (QED) is 0.590. The van der Waals surface area contributed by atoms with E-state index in [1.807, 2.05) is 0 Å². The number of likely N-dealkylation sites (tertiary alicyclic amines) is 1. The largest absolute Gasteiger partial charge is 0.389 e. The Bertz CT molecular complexity index is 201. The summed E-state index contributed by atoms with van der Waals surface area (Å²) in [6.07, 6.45) is 0.573. The first kappa shape index (κ1) is 9.19. The van der Waals surface area contributed by atoms with Gasteiger partial charge in [0.2, 0.25) is 11.8 Å². The third-order valence-electron chi connectivity index (χ3n) is 1.70. The minimum absolute atomic E-state index is 0.102. The van der Waals surface area contributed by atoms with Crippen molar-refractivity contribution in [3.05, 3.63) is 0 Å². The molecule has 0 bridgehead atoms. The van der Waals surface area contributed by atoms with Crippen LogP contribution in [0.4, 0.5) is 0 Å². The number of carbonyl (C=O) groups is 2. The summed E-state index contributed by atoms with van der Waals surface area (Å²) in [6, 6.07) is 0. The summed E-state index contributed by atoms with van der Waals surface area (Å²) >= 11 is 0. The van der Waals surface area contributed by atoms with Crippen LogP contribution in [0.5, 0.6) is 0 Å². The SMILES string of the molecule is CC(C)(O)CN1C(=O)CCC1=O. The van der Waals surface area contributed by atoms with E-state index in [4.69, 9.17) is 0 Å². The van der Waals surface area contributed by atoms with Crippen LogP contribution in [0.25, 0.3) is 0 Å². The van der Waals surface area contributed by atoms with Crippen LogP contribution in [0, 0.1) is 0 Å². The Morgan fingerprint density at radius 1 is 1.33 bits per heavy atom. The van der Waals surface area contributed by atoms with E-state index in [2.05, 4.69) is 0 Å². The molecule has 0 aliphatic carbocycles. The molecule has 1 saturated heterocycles. The molecule has 0 spiro atoms. The van der Waals surface area contributed by atoms with Crippen LogP contribution in [0.2, 0.25) is 0 Å². The van der Waals surface area contributed by atoms with E-state index in [-0.39, 0.29) is 31.2 Å². The molecular weight excluding hydrogens is 158 g/mol. The van der Waals surface area contributed by atoms with E-state index in [9.17, 15) is 14.7 Å². The molecule has 0 aromatic heterocycles. The van der Waals surface area contributed by atoms with Crippen LogP contribution >= 0.6 is 0 Å². The lowest BCUT2D eigenvalue weighted by molar-refractivity contribution is -0.141. The van der Waals surface area contributed by atoms with Gasteiger partial charge in [-0.3, -0.25) is 14.5 Å². The third kappa shape index (κ3) is 2.04. The van der Waals surface area contributed by atoms with Crippen molar-refractivity contribution in [3.63, 3.8) is 0 Å². The molecule has 0 saturated carbocycles. The van der Waals surface area contributed by atoms with Gasteiger partial charge in [0.15, 0.2) is 0 Å². The second-order valence-electron chi connectivity index (χ2n) is 3.69. The first-order valence-corrected chi connectivity index (χ1v) is 3.96. The lowest BCUT2D eigenvalue weighted by atomic mass is 10.1. The average molecular weight is 171 g/mol. The fraction of sp³-hybridized carbons (Fsp3) is 0.750. The van der Waals surface area contributed by atoms with Crippen LogP contribution < -0.4 is 0 Å². The summed E-state index contributed by atoms with van der Waals surface area (Å²) in [5, 5.41) is 9.37. The van der Waals surface area contributed by atoms with Crippen LogP contribution in [-0.4, -0.2) is 34.0 Å². The van der Waals surface area contributed by atoms with Crippen molar-refractivity contribution in [1.82, 2.24) is 4.90 Å². The van der Waals surface area contributed by atoms with Gasteiger partial charge in [-0.05, 0) is 13.8 Å². The highest BCUT2D eigenvalue weighted by Crippen LogP contribution is 2.15. The molecule has 1 aliphatic heterocycles. The van der Waals surface area contributed by atoms with Crippen molar-refractivity contribution in [1.29, 1.82) is 0 Å². The van der Waals surface area contributed by atoms with Gasteiger partial charge in [0.1, 0.15) is 0 Å². The Balaban J connectivity index is 2.62. The van der Waals surface area contributed by atoms with Gasteiger partial charge < -0.3 is 5.11 Å². The Kier molecular flexibility index (Phi) is 2.19. The number of imide groups is 1. The van der Waals surface area contributed by atoms with E-state index in [1.54, 1.807) is 13.8 Å². The normalized spacial score (nSPS) is 19.1. The molecule has 1 rings (SSSR count). The van der Waals surface area contributed by atoms with Gasteiger partial charge in [0.25, 0.3) is 0 Å². The smallest absolute Gasteiger partial charge is 0.229 e. The lowest BCUT2D eigenvalue weighted by Gasteiger charge is -2.23. The summed E-state index contributed by atoms with van der Waals surface area (Å²) in [4.78, 5) is 23.2. The minimum atomic E-state index is -0.990. The fourth-order valence-electron chi connectivity index (χ4n) is 1.19. The fourth-order valence-corrected chi connectivity index (χ4v) is 1.19. The monoisotopic (exact) mass is 171 g/mol. The van der Waals surface area contributed by atoms with Crippen LogP contribution in [0.15, 0.2) is 0 Å². The van der Waals surface area contributed by atoms with Crippen LogP contribution in [-0.2, 0) is 9.59 Å². The Labute approximate surface area is 71.2 Å². The average Bonchev–Trinajstić information content (AvgIpc) is 2.16. The second-order valence-corrected chi connectivity index (χ2v) is 3.69. The lowest BCUT2D eigenvalue weighted by Crippen LogP contribution is -2.41. The second kappa shape index (κ2) is 2.86. The van der Waals surface area contributed by atoms with E-state index in [0.29, 0.717) is 0 Å². The van der Waals surface area contributed by atoms with Gasteiger partial charge in [-0.1, -0.05) is 0 Å². The molecule has 0 aromatic rings. The van der Waals surface area contributed by atoms with Gasteiger partial charge in [0.05, 0.1) is 12.1 Å². The zero-order chi connectivity index (χ0) is 9.35. The molecule has 1 heterocycles. The number of nitrogens with zero attached hydrogens (tertiary/aromatic N) is 1. The van der Waals surface area contributed by atoms with E-state index in [1.165, 1.54) is 0 Å². The number of rotatable bonds is 2. The van der Waals surface area contributed by atoms with Crippen LogP contribution in [0.3, 0.4) is 0 Å². The molecule has 1 aliphatic rings. The molecule has 4 heteroatoms. The molecule has 2 amide bonds. The van der Waals surface area contributed by atoms with Gasteiger partial charge in [-0.15, -0.1) is 0 Å². The highest BCUT2D eigenvalue weighted by atomic mass is 16.3. The van der Waals surface area contributed by atoms with Crippen molar-refractivity contribution in [2.45, 2.75) is 32.3 Å². The molecule has 0 unspecified atom stereocenters. The Morgan fingerprint density at radius 3 is 2.08 bits per heavy atom. The van der Waals surface area contributed by atoms with Gasteiger partial charge >= 0.3 is 0 Å². The minimum Gasteiger partial charge on any atom is -0.389 e. The summed E-state index contributed by atoms with van der Waals surface area (Å²) in [5.74, 6) is -0.357. The summed E-state index contributed by atoms with van der Waals surface area (Å²) < 4.78 is 0. The highest BCUT2D eigenvalue weighted by Gasteiger charge is 2.32. The summed E-state index contributed by atoms with van der Waals surface area (Å²) in [7, 11) is 0. The number of hydrogen-bond acceptors (Lipinski definition) is 3. The maximum absolute atomic E-state index is 11.1. The molecule has 1 N–H and O–H groups in total. The van der Waals surface area contributed by atoms with E-state index >= 15 is 0 Å². The topological polar surface area (TPSA) is 57.6 Å². The Morgan fingerprint density at radius 2 is 1.75 bits per heavy atom. The summed E-state index contributed by atoms with van der Waals surface area (Å²) in [6.45, 7) is 3.25. The molecule has 12 heavy (non-hydrogen) atoms. The maximum Gasteiger partial charge on any atom is 0.229 e. The Hall–Kier alpha value is -0.900. The molecule has 4 nitrogen and oxygen atoms in total. The molecule has 0 atom stereocenters. The third-order valence-corrected chi connectivity index (χ3v) is 1.70. The van der Waals surface area contributed by atoms with E-state index in [0.717, 1.165) is 4.90 Å². The van der Waals surface area contributed by atoms with Crippen molar-refractivity contribution >= 4 is 11.8 Å². The zero-order valence-corrected chi connectivity index (χ0v) is 7.33. The summed E-state index contributed by atoms with van der Waals surface area (Å²) in [5.41, 5.74) is -0.990. The standard InChI is InChI=1S/C8H13NO3/c1-8(2,12)5-9-6(10)3-4-7(9)11/h12H,3-5H2,1-2H3. The molecular formula is C8H13NO3. The van der Waals surface area contributed by atoms with Crippen molar-refractivity contribution < 1.29 is 14.7 Å². The number of aliphatic hydroxyl groups is 1. The first-order valence-electron chi connectivity index (χ1n) is 3.96. The van der Waals surface area contributed by atoms with Crippen molar-refractivity contribution in [2.75, 3.05) is 6.54 Å². The van der Waals surface area contributed by atoms with Gasteiger partial charge in [-0.2, -0.15) is 0 Å². The maximum atomic E-state index is 11.1. The van der Waals surface area contributed by atoms with Gasteiger partial charge in [0, 0.05) is 12.8 Å². The molecule has 0 aromatic carbocycles. The molecule has 68 valence electrons. The molecule has 0 radical (unpaired) electrons. The number of amides is 2. The number of β-amino-alcohol motifs (C(OH)–C–C–N with tert-alkyl or cyclic N) is 1. The van der Waals surface area contributed by atoms with Crippen molar-refractivity contribution in [3.8, 4) is 0 Å².